The third kappa shape index (κ3) is 0.859. The normalized spacial score (nSPS) is 18.4. The molecule has 4 amide bonds. The first-order valence-corrected chi connectivity index (χ1v) is 2.36. The predicted molar refractivity (Wildman–Crippen MR) is 29.4 cm³/mol. The molecule has 0 spiro atoms. The van der Waals surface area contributed by atoms with E-state index in [0.29, 0.717) is 0 Å². The van der Waals surface area contributed by atoms with Gasteiger partial charge in [0.05, 0.1) is 0 Å². The van der Waals surface area contributed by atoms with E-state index < -0.39 is 23.6 Å². The lowest BCUT2D eigenvalue weighted by atomic mass is 10.3. The van der Waals surface area contributed by atoms with Gasteiger partial charge in [-0.2, -0.15) is 0 Å². The van der Waals surface area contributed by atoms with E-state index in [4.69, 9.17) is 5.41 Å². The van der Waals surface area contributed by atoms with Crippen molar-refractivity contribution in [3.8, 4) is 0 Å². The highest BCUT2D eigenvalue weighted by atomic mass is 16.2. The Balaban J connectivity index is 2.86. The zero-order valence-corrected chi connectivity index (χ0v) is 4.72. The number of hydrogen-bond acceptors (Lipinski definition) is 4. The number of carbonyl (C=O) groups is 3. The molecule has 6 nitrogen and oxygen atoms in total. The maximum atomic E-state index is 10.4. The quantitative estimate of drug-likeness (QED) is 0.377. The maximum Gasteiger partial charge on any atom is 0.328 e. The Kier molecular flexibility index (Phi) is 1.22. The third-order valence-electron chi connectivity index (χ3n) is 0.908. The van der Waals surface area contributed by atoms with Crippen molar-refractivity contribution in [2.75, 3.05) is 0 Å². The molecule has 0 aromatic carbocycles. The molecule has 0 bridgehead atoms. The zero-order valence-electron chi connectivity index (χ0n) is 4.72. The Morgan fingerprint density at radius 2 is 1.40 bits per heavy atom. The molecule has 0 aliphatic carbocycles. The van der Waals surface area contributed by atoms with Crippen LogP contribution in [0.25, 0.3) is 0 Å². The van der Waals surface area contributed by atoms with E-state index in [0.717, 1.165) is 0 Å². The van der Waals surface area contributed by atoms with Crippen LogP contribution < -0.4 is 10.6 Å². The van der Waals surface area contributed by atoms with E-state index in [1.54, 1.807) is 10.6 Å². The van der Waals surface area contributed by atoms with E-state index in [9.17, 15) is 14.4 Å². The van der Waals surface area contributed by atoms with Crippen LogP contribution in [-0.4, -0.2) is 23.6 Å². The number of amides is 4. The van der Waals surface area contributed by atoms with Crippen LogP contribution in [0, 0.1) is 5.41 Å². The van der Waals surface area contributed by atoms with Crippen LogP contribution in [-0.2, 0) is 9.59 Å². The highest BCUT2D eigenvalue weighted by molar-refractivity contribution is 6.67. The van der Waals surface area contributed by atoms with Gasteiger partial charge in [-0.15, -0.1) is 0 Å². The number of imide groups is 2. The van der Waals surface area contributed by atoms with Gasteiger partial charge in [0.2, 0.25) is 0 Å². The summed E-state index contributed by atoms with van der Waals surface area (Å²) in [5.41, 5.74) is -0.750. The second-order valence-electron chi connectivity index (χ2n) is 1.61. The first-order chi connectivity index (χ1) is 4.61. The highest BCUT2D eigenvalue weighted by Crippen LogP contribution is 1.82. The number of carbonyl (C=O) groups excluding carboxylic acids is 3. The molecule has 1 heterocycles. The minimum absolute atomic E-state index is 0.750. The standard InChI is InChI=1S/C4H3N3O3/c5-1-2(8)6-4(10)7-3(1)9/h5H,(H2,6,7,8,9,10). The van der Waals surface area contributed by atoms with Crippen LogP contribution in [0.4, 0.5) is 4.79 Å². The van der Waals surface area contributed by atoms with Crippen molar-refractivity contribution in [1.82, 2.24) is 10.6 Å². The van der Waals surface area contributed by atoms with Crippen molar-refractivity contribution < 1.29 is 14.4 Å². The molecule has 1 saturated heterocycles. The average Bonchev–Trinajstić information content (AvgIpc) is 1.82. The van der Waals surface area contributed by atoms with Gasteiger partial charge in [-0.3, -0.25) is 25.6 Å². The molecule has 1 fully saturated rings. The van der Waals surface area contributed by atoms with Crippen LogP contribution in [0.1, 0.15) is 0 Å². The maximum absolute atomic E-state index is 10.4. The second kappa shape index (κ2) is 1.90. The Bertz CT molecular complexity index is 222. The minimum Gasteiger partial charge on any atom is -0.291 e. The molecule has 0 saturated carbocycles. The van der Waals surface area contributed by atoms with E-state index in [-0.39, 0.29) is 0 Å². The predicted octanol–water partition coefficient (Wildman–Crippen LogP) is -1.63. The molecule has 0 aromatic rings. The van der Waals surface area contributed by atoms with Crippen LogP contribution in [0.5, 0.6) is 0 Å². The summed E-state index contributed by atoms with van der Waals surface area (Å²) < 4.78 is 0. The molecule has 0 radical (unpaired) electrons. The van der Waals surface area contributed by atoms with Crippen molar-refractivity contribution in [3.05, 3.63) is 0 Å². The largest absolute Gasteiger partial charge is 0.328 e. The summed E-state index contributed by atoms with van der Waals surface area (Å²) in [7, 11) is 0. The summed E-state index contributed by atoms with van der Waals surface area (Å²) >= 11 is 0. The molecular formula is C4H3N3O3. The van der Waals surface area contributed by atoms with E-state index in [1.165, 1.54) is 0 Å². The lowest BCUT2D eigenvalue weighted by Crippen LogP contribution is -2.55. The summed E-state index contributed by atoms with van der Waals surface area (Å²) in [6.07, 6.45) is 0. The smallest absolute Gasteiger partial charge is 0.291 e. The highest BCUT2D eigenvalue weighted by Gasteiger charge is 2.27. The van der Waals surface area contributed by atoms with Crippen LogP contribution in [0.15, 0.2) is 0 Å². The molecule has 6 heteroatoms. The lowest BCUT2D eigenvalue weighted by Gasteiger charge is -2.10. The fourth-order valence-electron chi connectivity index (χ4n) is 0.466. The van der Waals surface area contributed by atoms with Gasteiger partial charge in [0.25, 0.3) is 11.8 Å². The van der Waals surface area contributed by atoms with Crippen LogP contribution in [0.3, 0.4) is 0 Å². The van der Waals surface area contributed by atoms with Crippen molar-refractivity contribution in [1.29, 1.82) is 5.41 Å². The summed E-state index contributed by atoms with van der Waals surface area (Å²) in [4.78, 5) is 31.1. The Hall–Kier alpha value is -1.72. The number of barbiturate groups is 1. The van der Waals surface area contributed by atoms with Gasteiger partial charge in [0.15, 0.2) is 5.71 Å². The van der Waals surface area contributed by atoms with Gasteiger partial charge in [-0.05, 0) is 0 Å². The Labute approximate surface area is 55.1 Å². The molecular weight excluding hydrogens is 138 g/mol. The number of nitrogens with one attached hydrogen (secondary N) is 3. The molecule has 52 valence electrons. The number of urea groups is 1. The first kappa shape index (κ1) is 6.40. The summed E-state index contributed by atoms with van der Waals surface area (Å²) in [5, 5.41) is 10.2. The van der Waals surface area contributed by atoms with E-state index >= 15 is 0 Å². The topological polar surface area (TPSA) is 99.1 Å². The van der Waals surface area contributed by atoms with Crippen molar-refractivity contribution in [3.63, 3.8) is 0 Å². The van der Waals surface area contributed by atoms with E-state index in [1.807, 2.05) is 0 Å². The van der Waals surface area contributed by atoms with Gasteiger partial charge in [0, 0.05) is 0 Å². The third-order valence-corrected chi connectivity index (χ3v) is 0.908. The monoisotopic (exact) mass is 141 g/mol. The molecule has 1 aliphatic heterocycles. The molecule has 1 rings (SSSR count). The first-order valence-electron chi connectivity index (χ1n) is 2.36. The summed E-state index contributed by atoms with van der Waals surface area (Å²) in [6, 6.07) is -0.883. The zero-order chi connectivity index (χ0) is 7.72. The Morgan fingerprint density at radius 1 is 1.00 bits per heavy atom. The molecule has 0 unspecified atom stereocenters. The van der Waals surface area contributed by atoms with Gasteiger partial charge in [-0.1, -0.05) is 0 Å². The second-order valence-corrected chi connectivity index (χ2v) is 1.61. The fraction of sp³-hybridized carbons (Fsp3) is 0. The fourth-order valence-corrected chi connectivity index (χ4v) is 0.466. The van der Waals surface area contributed by atoms with E-state index in [2.05, 4.69) is 0 Å². The molecule has 0 atom stereocenters. The van der Waals surface area contributed by atoms with Crippen molar-refractivity contribution in [2.24, 2.45) is 0 Å². The van der Waals surface area contributed by atoms with Gasteiger partial charge >= 0.3 is 6.03 Å². The lowest BCUT2D eigenvalue weighted by molar-refractivity contribution is -0.119. The van der Waals surface area contributed by atoms with Crippen molar-refractivity contribution >= 4 is 23.6 Å². The summed E-state index contributed by atoms with van der Waals surface area (Å²) in [5.74, 6) is -1.93. The minimum atomic E-state index is -0.964. The number of rotatable bonds is 0. The molecule has 0 aromatic heterocycles. The molecule has 10 heavy (non-hydrogen) atoms. The Morgan fingerprint density at radius 3 is 1.80 bits per heavy atom. The average molecular weight is 141 g/mol. The van der Waals surface area contributed by atoms with Gasteiger partial charge in [0.1, 0.15) is 0 Å². The molecule has 1 aliphatic rings. The SMILES string of the molecule is N=C1C(=O)NC(=O)NC1=O. The molecule has 3 N–H and O–H groups in total. The van der Waals surface area contributed by atoms with Crippen LogP contribution in [0.2, 0.25) is 0 Å². The van der Waals surface area contributed by atoms with Crippen molar-refractivity contribution in [2.45, 2.75) is 0 Å². The van der Waals surface area contributed by atoms with Gasteiger partial charge in [-0.25, -0.2) is 4.79 Å². The number of hydrogen-bond donors (Lipinski definition) is 3. The van der Waals surface area contributed by atoms with Crippen LogP contribution >= 0.6 is 0 Å². The van der Waals surface area contributed by atoms with Gasteiger partial charge < -0.3 is 0 Å². The summed E-state index contributed by atoms with van der Waals surface area (Å²) in [6.45, 7) is 0.